The first-order valence-corrected chi connectivity index (χ1v) is 4.11. The van der Waals surface area contributed by atoms with Crippen LogP contribution in [0.1, 0.15) is 31.2 Å². The average Bonchev–Trinajstić information content (AvgIpc) is 2.15. The minimum atomic E-state index is 0.465. The highest BCUT2D eigenvalue weighted by Crippen LogP contribution is 2.18. The van der Waals surface area contributed by atoms with Crippen LogP contribution >= 0.6 is 0 Å². The number of pyridine rings is 1. The SMILES string of the molecule is CC(CCC#N)c1ccncc1. The first-order chi connectivity index (χ1) is 5.84. The maximum Gasteiger partial charge on any atom is 0.0621 e. The maximum absolute atomic E-state index is 8.40. The van der Waals surface area contributed by atoms with Gasteiger partial charge in [-0.2, -0.15) is 5.26 Å². The molecule has 0 aromatic carbocycles. The van der Waals surface area contributed by atoms with E-state index in [1.54, 1.807) is 12.4 Å². The molecule has 1 aromatic rings. The second kappa shape index (κ2) is 4.50. The maximum atomic E-state index is 8.40. The Hall–Kier alpha value is -1.36. The van der Waals surface area contributed by atoms with Crippen LogP contribution in [0.5, 0.6) is 0 Å². The molecule has 1 aromatic heterocycles. The van der Waals surface area contributed by atoms with Crippen molar-refractivity contribution >= 4 is 0 Å². The van der Waals surface area contributed by atoms with Crippen LogP contribution in [0.15, 0.2) is 24.5 Å². The van der Waals surface area contributed by atoms with Gasteiger partial charge in [-0.05, 0) is 30.0 Å². The van der Waals surface area contributed by atoms with Gasteiger partial charge < -0.3 is 0 Å². The van der Waals surface area contributed by atoms with Crippen LogP contribution in [-0.2, 0) is 0 Å². The van der Waals surface area contributed by atoms with Crippen LogP contribution in [0.2, 0.25) is 0 Å². The van der Waals surface area contributed by atoms with Crippen molar-refractivity contribution in [1.82, 2.24) is 4.98 Å². The Labute approximate surface area is 72.9 Å². The number of nitrogens with zero attached hydrogens (tertiary/aromatic N) is 2. The Balaban J connectivity index is 2.55. The van der Waals surface area contributed by atoms with Gasteiger partial charge in [0.1, 0.15) is 0 Å². The van der Waals surface area contributed by atoms with Crippen LogP contribution < -0.4 is 0 Å². The molecule has 0 aliphatic carbocycles. The molecule has 1 heterocycles. The number of rotatable bonds is 3. The minimum Gasteiger partial charge on any atom is -0.265 e. The first kappa shape index (κ1) is 8.73. The molecule has 2 nitrogen and oxygen atoms in total. The van der Waals surface area contributed by atoms with Gasteiger partial charge in [0.25, 0.3) is 0 Å². The molecule has 0 saturated heterocycles. The fourth-order valence-corrected chi connectivity index (χ4v) is 1.14. The van der Waals surface area contributed by atoms with Gasteiger partial charge in [0, 0.05) is 18.8 Å². The van der Waals surface area contributed by atoms with Gasteiger partial charge in [-0.1, -0.05) is 6.92 Å². The van der Waals surface area contributed by atoms with E-state index in [1.165, 1.54) is 5.56 Å². The summed E-state index contributed by atoms with van der Waals surface area (Å²) in [6, 6.07) is 6.16. The zero-order chi connectivity index (χ0) is 8.81. The lowest BCUT2D eigenvalue weighted by atomic mass is 9.98. The van der Waals surface area contributed by atoms with Crippen LogP contribution in [-0.4, -0.2) is 4.98 Å². The van der Waals surface area contributed by atoms with E-state index in [4.69, 9.17) is 5.26 Å². The topological polar surface area (TPSA) is 36.7 Å². The summed E-state index contributed by atoms with van der Waals surface area (Å²) in [5.41, 5.74) is 1.26. The van der Waals surface area contributed by atoms with Gasteiger partial charge in [-0.15, -0.1) is 0 Å². The molecule has 2 heteroatoms. The summed E-state index contributed by atoms with van der Waals surface area (Å²) in [5, 5.41) is 8.40. The van der Waals surface area contributed by atoms with Crippen molar-refractivity contribution in [1.29, 1.82) is 5.26 Å². The van der Waals surface area contributed by atoms with Crippen molar-refractivity contribution in [2.45, 2.75) is 25.7 Å². The summed E-state index contributed by atoms with van der Waals surface area (Å²) in [4.78, 5) is 3.94. The average molecular weight is 160 g/mol. The molecule has 0 amide bonds. The zero-order valence-electron chi connectivity index (χ0n) is 7.20. The predicted molar refractivity (Wildman–Crippen MR) is 47.5 cm³/mol. The molecule has 0 aliphatic heterocycles. The van der Waals surface area contributed by atoms with E-state index in [-0.39, 0.29) is 0 Å². The highest BCUT2D eigenvalue weighted by molar-refractivity contribution is 5.14. The fourth-order valence-electron chi connectivity index (χ4n) is 1.14. The molecule has 0 N–H and O–H groups in total. The van der Waals surface area contributed by atoms with E-state index >= 15 is 0 Å². The number of hydrogen-bond acceptors (Lipinski definition) is 2. The molecule has 0 radical (unpaired) electrons. The first-order valence-electron chi connectivity index (χ1n) is 4.11. The van der Waals surface area contributed by atoms with E-state index in [9.17, 15) is 0 Å². The minimum absolute atomic E-state index is 0.465. The Bertz CT molecular complexity index is 261. The third-order valence-electron chi connectivity index (χ3n) is 1.96. The van der Waals surface area contributed by atoms with Crippen LogP contribution in [0, 0.1) is 11.3 Å². The van der Waals surface area contributed by atoms with E-state index < -0.39 is 0 Å². The molecule has 0 aliphatic rings. The van der Waals surface area contributed by atoms with Gasteiger partial charge in [0.2, 0.25) is 0 Å². The van der Waals surface area contributed by atoms with E-state index in [0.717, 1.165) is 6.42 Å². The molecular formula is C10H12N2. The summed E-state index contributed by atoms with van der Waals surface area (Å²) in [7, 11) is 0. The number of nitriles is 1. The summed E-state index contributed by atoms with van der Waals surface area (Å²) in [5.74, 6) is 0.465. The number of hydrogen-bond donors (Lipinski definition) is 0. The summed E-state index contributed by atoms with van der Waals surface area (Å²) in [6.07, 6.45) is 5.14. The van der Waals surface area contributed by atoms with Gasteiger partial charge in [0.15, 0.2) is 0 Å². The highest BCUT2D eigenvalue weighted by atomic mass is 14.6. The fraction of sp³-hybridized carbons (Fsp3) is 0.400. The van der Waals surface area contributed by atoms with E-state index in [2.05, 4.69) is 18.0 Å². The third-order valence-corrected chi connectivity index (χ3v) is 1.96. The Morgan fingerprint density at radius 1 is 1.50 bits per heavy atom. The smallest absolute Gasteiger partial charge is 0.0621 e. The van der Waals surface area contributed by atoms with Gasteiger partial charge in [-0.3, -0.25) is 4.98 Å². The molecule has 0 bridgehead atoms. The second-order valence-electron chi connectivity index (χ2n) is 2.88. The monoisotopic (exact) mass is 160 g/mol. The second-order valence-corrected chi connectivity index (χ2v) is 2.88. The molecule has 12 heavy (non-hydrogen) atoms. The van der Waals surface area contributed by atoms with Gasteiger partial charge in [0.05, 0.1) is 6.07 Å². The standard InChI is InChI=1S/C10H12N2/c1-9(3-2-6-11)10-4-7-12-8-5-10/h4-5,7-9H,2-3H2,1H3. The molecule has 1 rings (SSSR count). The molecule has 1 atom stereocenters. The van der Waals surface area contributed by atoms with Crippen molar-refractivity contribution in [2.75, 3.05) is 0 Å². The molecule has 62 valence electrons. The molecule has 1 unspecified atom stereocenters. The normalized spacial score (nSPS) is 12.0. The zero-order valence-corrected chi connectivity index (χ0v) is 7.20. The Morgan fingerprint density at radius 3 is 2.75 bits per heavy atom. The summed E-state index contributed by atoms with van der Waals surface area (Å²) < 4.78 is 0. The molecule has 0 fully saturated rings. The van der Waals surface area contributed by atoms with Crippen LogP contribution in [0.3, 0.4) is 0 Å². The molecule has 0 saturated carbocycles. The quantitative estimate of drug-likeness (QED) is 0.681. The van der Waals surface area contributed by atoms with Crippen molar-refractivity contribution < 1.29 is 0 Å². The highest BCUT2D eigenvalue weighted by Gasteiger charge is 2.03. The van der Waals surface area contributed by atoms with E-state index in [0.29, 0.717) is 12.3 Å². The molecular weight excluding hydrogens is 148 g/mol. The molecule has 0 spiro atoms. The van der Waals surface area contributed by atoms with Crippen LogP contribution in [0.4, 0.5) is 0 Å². The lowest BCUT2D eigenvalue weighted by molar-refractivity contribution is 0.694. The van der Waals surface area contributed by atoms with Crippen LogP contribution in [0.25, 0.3) is 0 Å². The summed E-state index contributed by atoms with van der Waals surface area (Å²) in [6.45, 7) is 2.13. The Kier molecular flexibility index (Phi) is 3.28. The van der Waals surface area contributed by atoms with Crippen molar-refractivity contribution in [2.24, 2.45) is 0 Å². The summed E-state index contributed by atoms with van der Waals surface area (Å²) >= 11 is 0. The lowest BCUT2D eigenvalue weighted by Gasteiger charge is -2.07. The number of aromatic nitrogens is 1. The largest absolute Gasteiger partial charge is 0.265 e. The van der Waals surface area contributed by atoms with Crippen molar-refractivity contribution in [3.05, 3.63) is 30.1 Å². The third kappa shape index (κ3) is 2.35. The van der Waals surface area contributed by atoms with Gasteiger partial charge >= 0.3 is 0 Å². The lowest BCUT2D eigenvalue weighted by Crippen LogP contribution is -1.92. The Morgan fingerprint density at radius 2 is 2.17 bits per heavy atom. The van der Waals surface area contributed by atoms with Crippen molar-refractivity contribution in [3.8, 4) is 6.07 Å². The van der Waals surface area contributed by atoms with E-state index in [1.807, 2.05) is 12.1 Å². The van der Waals surface area contributed by atoms with Crippen molar-refractivity contribution in [3.63, 3.8) is 0 Å². The predicted octanol–water partition coefficient (Wildman–Crippen LogP) is 2.49. The van der Waals surface area contributed by atoms with Gasteiger partial charge in [-0.25, -0.2) is 0 Å².